The van der Waals surface area contributed by atoms with Crippen molar-refractivity contribution in [3.63, 3.8) is 0 Å². The van der Waals surface area contributed by atoms with Crippen LogP contribution < -0.4 is 5.32 Å². The van der Waals surface area contributed by atoms with Gasteiger partial charge in [0, 0.05) is 11.8 Å². The minimum atomic E-state index is -1.27. The van der Waals surface area contributed by atoms with Crippen molar-refractivity contribution in [2.24, 2.45) is 17.8 Å². The normalized spacial score (nSPS) is 44.9. The molecule has 3 fully saturated rings. The quantitative estimate of drug-likeness (QED) is 0.226. The van der Waals surface area contributed by atoms with Crippen LogP contribution in [-0.4, -0.2) is 106 Å². The van der Waals surface area contributed by atoms with E-state index < -0.39 is 79.8 Å². The van der Waals surface area contributed by atoms with Crippen molar-refractivity contribution < 1.29 is 49.3 Å². The van der Waals surface area contributed by atoms with E-state index in [0.717, 1.165) is 19.3 Å². The highest BCUT2D eigenvalue weighted by Gasteiger charge is 2.50. The second kappa shape index (κ2) is 14.1. The van der Waals surface area contributed by atoms with Gasteiger partial charge in [-0.15, -0.1) is 0 Å². The predicted octanol–water partition coefficient (Wildman–Crippen LogP) is 0.430. The summed E-state index contributed by atoms with van der Waals surface area (Å²) in [7, 11) is 0. The minimum Gasteiger partial charge on any atom is -0.394 e. The molecule has 222 valence electrons. The molecular weight excluding hydrogens is 498 g/mol. The first-order chi connectivity index (χ1) is 18.0. The molecule has 1 saturated carbocycles. The molecule has 3 rings (SSSR count). The highest BCUT2D eigenvalue weighted by atomic mass is 16.7. The Morgan fingerprint density at radius 3 is 2.26 bits per heavy atom. The summed E-state index contributed by atoms with van der Waals surface area (Å²) < 4.78 is 24.3. The van der Waals surface area contributed by atoms with Gasteiger partial charge in [-0.25, -0.2) is 0 Å². The van der Waals surface area contributed by atoms with Crippen LogP contribution in [0.2, 0.25) is 0 Å². The molecule has 0 aromatic rings. The molecule has 0 bridgehead atoms. The van der Waals surface area contributed by atoms with E-state index >= 15 is 0 Å². The largest absolute Gasteiger partial charge is 0.394 e. The van der Waals surface area contributed by atoms with Gasteiger partial charge in [-0.1, -0.05) is 41.0 Å². The van der Waals surface area contributed by atoms with Crippen LogP contribution in [0.5, 0.6) is 0 Å². The maximum absolute atomic E-state index is 12.7. The molecule has 0 aromatic carbocycles. The van der Waals surface area contributed by atoms with E-state index in [1.807, 2.05) is 13.8 Å². The van der Waals surface area contributed by atoms with E-state index in [4.69, 9.17) is 18.9 Å². The summed E-state index contributed by atoms with van der Waals surface area (Å²) in [5, 5.41) is 55.4. The molecule has 14 atom stereocenters. The molecule has 6 unspecified atom stereocenters. The zero-order valence-electron chi connectivity index (χ0n) is 23.3. The Bertz CT molecular complexity index is 741. The molecule has 2 saturated heterocycles. The van der Waals surface area contributed by atoms with Gasteiger partial charge in [0.05, 0.1) is 31.0 Å². The predicted molar refractivity (Wildman–Crippen MR) is 137 cm³/mol. The third kappa shape index (κ3) is 7.24. The van der Waals surface area contributed by atoms with E-state index in [0.29, 0.717) is 19.3 Å². The Balaban J connectivity index is 1.82. The Morgan fingerprint density at radius 1 is 0.947 bits per heavy atom. The topological polar surface area (TPSA) is 167 Å². The third-order valence-corrected chi connectivity index (χ3v) is 8.45. The number of ether oxygens (including phenoxy) is 4. The standard InChI is InChI=1S/C27H49NO10/c1-6-8-18(30)25(34)28-17-11-14(4)23(37-26-13(3)9-10-16(7-2)35-26)22(33)24(17)38-27-21(32)15(5)20(31)19(12-29)36-27/h13-24,26-27,29-33H,6-12H2,1-5H3,(H,28,34)/t13?,14-,15-,16?,17+,18-,19?,20+,21?,22?,23?,24+,26-,27-/m0/s1. The van der Waals surface area contributed by atoms with Gasteiger partial charge in [0.25, 0.3) is 0 Å². The van der Waals surface area contributed by atoms with Gasteiger partial charge < -0.3 is 49.8 Å². The lowest BCUT2D eigenvalue weighted by atomic mass is 9.79. The number of carbonyl (C=O) groups is 1. The third-order valence-electron chi connectivity index (χ3n) is 8.45. The Morgan fingerprint density at radius 2 is 1.63 bits per heavy atom. The number of nitrogens with one attached hydrogen (secondary N) is 1. The first-order valence-corrected chi connectivity index (χ1v) is 14.3. The molecule has 1 amide bonds. The first kappa shape index (κ1) is 31.6. The maximum atomic E-state index is 12.7. The van der Waals surface area contributed by atoms with Crippen molar-refractivity contribution in [1.82, 2.24) is 5.32 Å². The zero-order valence-corrected chi connectivity index (χ0v) is 23.3. The second-order valence-corrected chi connectivity index (χ2v) is 11.5. The second-order valence-electron chi connectivity index (χ2n) is 11.5. The van der Waals surface area contributed by atoms with Gasteiger partial charge in [-0.2, -0.15) is 0 Å². The monoisotopic (exact) mass is 547 g/mol. The van der Waals surface area contributed by atoms with Crippen molar-refractivity contribution in [2.45, 2.75) is 141 Å². The molecular formula is C27H49NO10. The molecule has 6 N–H and O–H groups in total. The molecule has 0 aromatic heterocycles. The highest BCUT2D eigenvalue weighted by molar-refractivity contribution is 5.80. The average molecular weight is 548 g/mol. The van der Waals surface area contributed by atoms with Crippen LogP contribution in [0.1, 0.15) is 73.1 Å². The highest BCUT2D eigenvalue weighted by Crippen LogP contribution is 2.37. The summed E-state index contributed by atoms with van der Waals surface area (Å²) in [5.41, 5.74) is 0. The molecule has 2 aliphatic heterocycles. The van der Waals surface area contributed by atoms with Crippen LogP contribution in [0.25, 0.3) is 0 Å². The van der Waals surface area contributed by atoms with Crippen LogP contribution in [0.4, 0.5) is 0 Å². The van der Waals surface area contributed by atoms with Gasteiger partial charge in [-0.3, -0.25) is 4.79 Å². The van der Waals surface area contributed by atoms with Gasteiger partial charge in [-0.05, 0) is 38.0 Å². The Kier molecular flexibility index (Phi) is 11.8. The van der Waals surface area contributed by atoms with Crippen LogP contribution in [-0.2, 0) is 23.7 Å². The van der Waals surface area contributed by atoms with Crippen LogP contribution >= 0.6 is 0 Å². The molecule has 0 spiro atoms. The molecule has 11 nitrogen and oxygen atoms in total. The van der Waals surface area contributed by atoms with Gasteiger partial charge in [0.15, 0.2) is 12.6 Å². The molecule has 38 heavy (non-hydrogen) atoms. The molecule has 1 aliphatic carbocycles. The van der Waals surface area contributed by atoms with Crippen LogP contribution in [0, 0.1) is 17.8 Å². The zero-order chi connectivity index (χ0) is 28.1. The summed E-state index contributed by atoms with van der Waals surface area (Å²) in [6.07, 6.45) is -5.13. The maximum Gasteiger partial charge on any atom is 0.249 e. The first-order valence-electron chi connectivity index (χ1n) is 14.3. The van der Waals surface area contributed by atoms with Crippen molar-refractivity contribution in [3.8, 4) is 0 Å². The molecule has 2 heterocycles. The molecule has 0 radical (unpaired) electrons. The van der Waals surface area contributed by atoms with E-state index in [-0.39, 0.29) is 17.9 Å². The lowest BCUT2D eigenvalue weighted by Crippen LogP contribution is -2.64. The van der Waals surface area contributed by atoms with Crippen molar-refractivity contribution >= 4 is 5.91 Å². The number of carbonyl (C=O) groups excluding carboxylic acids is 1. The minimum absolute atomic E-state index is 0.0838. The molecule has 3 aliphatic rings. The summed E-state index contributed by atoms with van der Waals surface area (Å²) in [6.45, 7) is 9.04. The lowest BCUT2D eigenvalue weighted by molar-refractivity contribution is -0.325. The summed E-state index contributed by atoms with van der Waals surface area (Å²) in [5.74, 6) is -1.30. The fourth-order valence-electron chi connectivity index (χ4n) is 5.78. The fourth-order valence-corrected chi connectivity index (χ4v) is 5.78. The van der Waals surface area contributed by atoms with Crippen molar-refractivity contribution in [1.29, 1.82) is 0 Å². The Labute approximate surface area is 225 Å². The summed E-state index contributed by atoms with van der Waals surface area (Å²) >= 11 is 0. The number of hydrogen-bond acceptors (Lipinski definition) is 10. The molecule has 11 heteroatoms. The van der Waals surface area contributed by atoms with E-state index in [9.17, 15) is 30.3 Å². The smallest absolute Gasteiger partial charge is 0.249 e. The van der Waals surface area contributed by atoms with Crippen molar-refractivity contribution in [2.75, 3.05) is 6.61 Å². The fraction of sp³-hybridized carbons (Fsp3) is 0.963. The number of hydrogen-bond donors (Lipinski definition) is 6. The number of rotatable bonds is 10. The van der Waals surface area contributed by atoms with Crippen LogP contribution in [0.15, 0.2) is 0 Å². The van der Waals surface area contributed by atoms with Crippen molar-refractivity contribution in [3.05, 3.63) is 0 Å². The lowest BCUT2D eigenvalue weighted by Gasteiger charge is -2.48. The van der Waals surface area contributed by atoms with E-state index in [1.54, 1.807) is 6.92 Å². The van der Waals surface area contributed by atoms with Gasteiger partial charge in [0.1, 0.15) is 30.5 Å². The summed E-state index contributed by atoms with van der Waals surface area (Å²) in [6, 6.07) is -0.711. The van der Waals surface area contributed by atoms with Gasteiger partial charge >= 0.3 is 0 Å². The number of aliphatic hydroxyl groups excluding tert-OH is 5. The van der Waals surface area contributed by atoms with E-state index in [1.165, 1.54) is 0 Å². The Hall–Kier alpha value is -0.890. The number of amides is 1. The van der Waals surface area contributed by atoms with Gasteiger partial charge in [0.2, 0.25) is 5.91 Å². The SMILES string of the molecule is CCC[C@H](O)C(=O)N[C@@H]1C[C@H](C)C(O[C@@H]2OC(CC)CCC2C)C(O)[C@@H]1O[C@@H]1OC(CO)[C@H](O)[C@H](C)C1O. The van der Waals surface area contributed by atoms with Crippen LogP contribution in [0.3, 0.4) is 0 Å². The average Bonchev–Trinajstić information content (AvgIpc) is 2.89. The summed E-state index contributed by atoms with van der Waals surface area (Å²) in [4.78, 5) is 12.7. The number of aliphatic hydroxyl groups is 5. The van der Waals surface area contributed by atoms with E-state index in [2.05, 4.69) is 19.2 Å².